The van der Waals surface area contributed by atoms with Crippen molar-refractivity contribution in [1.82, 2.24) is 0 Å². The summed E-state index contributed by atoms with van der Waals surface area (Å²) in [6, 6.07) is 18.6. The van der Waals surface area contributed by atoms with E-state index in [1.54, 1.807) is 18.4 Å². The number of benzene rings is 2. The molecule has 108 valence electrons. The van der Waals surface area contributed by atoms with E-state index in [0.717, 1.165) is 11.1 Å². The predicted molar refractivity (Wildman–Crippen MR) is 89.5 cm³/mol. The summed E-state index contributed by atoms with van der Waals surface area (Å²) in [5.74, 6) is 0. The molecule has 2 aromatic carbocycles. The van der Waals surface area contributed by atoms with Crippen molar-refractivity contribution in [3.05, 3.63) is 90.7 Å². The molecule has 0 spiro atoms. The molecule has 0 aliphatic carbocycles. The third-order valence-corrected chi connectivity index (χ3v) is 3.24. The van der Waals surface area contributed by atoms with Crippen LogP contribution in [0.25, 0.3) is 0 Å². The highest BCUT2D eigenvalue weighted by Crippen LogP contribution is 2.27. The smallest absolute Gasteiger partial charge is 0.148 e. The number of hydrogen-bond donors (Lipinski definition) is 0. The van der Waals surface area contributed by atoms with Crippen molar-refractivity contribution in [1.29, 1.82) is 0 Å². The molecule has 0 bridgehead atoms. The molecule has 0 aliphatic heterocycles. The molecule has 0 radical (unpaired) electrons. The fraction of sp³-hybridized carbons (Fsp3) is 0.158. The first kappa shape index (κ1) is 14.9. The van der Waals surface area contributed by atoms with Gasteiger partial charge in [-0.3, -0.25) is 0 Å². The van der Waals surface area contributed by atoms with Crippen molar-refractivity contribution < 1.29 is 4.74 Å². The number of rotatable bonds is 6. The Hall–Kier alpha value is -2.48. The molecular weight excluding hydrogens is 258 g/mol. The third-order valence-electron chi connectivity index (χ3n) is 3.24. The zero-order chi connectivity index (χ0) is 15.1. The van der Waals surface area contributed by atoms with Gasteiger partial charge in [0.2, 0.25) is 0 Å². The van der Waals surface area contributed by atoms with Crippen LogP contribution in [0.2, 0.25) is 0 Å². The number of hydrogen-bond acceptors (Lipinski definition) is 2. The van der Waals surface area contributed by atoms with Crippen LogP contribution in [0.4, 0.5) is 5.69 Å². The van der Waals surface area contributed by atoms with Crippen molar-refractivity contribution in [2.24, 2.45) is 0 Å². The first-order chi connectivity index (χ1) is 10.2. The summed E-state index contributed by atoms with van der Waals surface area (Å²) in [7, 11) is 4.07. The van der Waals surface area contributed by atoms with Gasteiger partial charge in [-0.25, -0.2) is 0 Å². The van der Waals surface area contributed by atoms with Crippen LogP contribution in [0.15, 0.2) is 79.6 Å². The van der Waals surface area contributed by atoms with Crippen molar-refractivity contribution in [3.8, 4) is 0 Å². The Bertz CT molecular complexity index is 585. The zero-order valence-electron chi connectivity index (χ0n) is 12.6. The SMILES string of the molecule is C=CC=COC(c1ccccc1)c1ccc(N(C)C)cc1. The lowest BCUT2D eigenvalue weighted by Gasteiger charge is -2.19. The number of nitrogens with zero attached hydrogens (tertiary/aromatic N) is 1. The van der Waals surface area contributed by atoms with Crippen molar-refractivity contribution >= 4 is 5.69 Å². The Kier molecular flexibility index (Phi) is 5.22. The summed E-state index contributed by atoms with van der Waals surface area (Å²) < 4.78 is 5.89. The molecule has 2 aromatic rings. The second-order valence-electron chi connectivity index (χ2n) is 4.98. The summed E-state index contributed by atoms with van der Waals surface area (Å²) >= 11 is 0. The van der Waals surface area contributed by atoms with E-state index in [-0.39, 0.29) is 6.10 Å². The number of ether oxygens (including phenoxy) is 1. The van der Waals surface area contributed by atoms with Gasteiger partial charge in [0.1, 0.15) is 6.10 Å². The fourth-order valence-electron chi connectivity index (χ4n) is 2.10. The minimum atomic E-state index is -0.112. The lowest BCUT2D eigenvalue weighted by atomic mass is 10.0. The molecule has 2 rings (SSSR count). The van der Waals surface area contributed by atoms with E-state index < -0.39 is 0 Å². The lowest BCUT2D eigenvalue weighted by molar-refractivity contribution is 0.183. The van der Waals surface area contributed by atoms with E-state index in [1.165, 1.54) is 5.69 Å². The zero-order valence-corrected chi connectivity index (χ0v) is 12.6. The van der Waals surface area contributed by atoms with Crippen LogP contribution < -0.4 is 4.90 Å². The minimum absolute atomic E-state index is 0.112. The molecule has 2 nitrogen and oxygen atoms in total. The first-order valence-electron chi connectivity index (χ1n) is 6.97. The Balaban J connectivity index is 2.30. The highest BCUT2D eigenvalue weighted by molar-refractivity contribution is 5.47. The average Bonchev–Trinajstić information content (AvgIpc) is 2.53. The van der Waals surface area contributed by atoms with Crippen LogP contribution in [0.5, 0.6) is 0 Å². The molecule has 0 heterocycles. The first-order valence-corrected chi connectivity index (χ1v) is 6.97. The van der Waals surface area contributed by atoms with Gasteiger partial charge in [-0.05, 0) is 29.3 Å². The molecule has 0 N–H and O–H groups in total. The van der Waals surface area contributed by atoms with Gasteiger partial charge in [0.15, 0.2) is 0 Å². The van der Waals surface area contributed by atoms with E-state index in [2.05, 4.69) is 47.9 Å². The van der Waals surface area contributed by atoms with E-state index in [9.17, 15) is 0 Å². The van der Waals surface area contributed by atoms with Gasteiger partial charge < -0.3 is 9.64 Å². The quantitative estimate of drug-likeness (QED) is 0.568. The van der Waals surface area contributed by atoms with Gasteiger partial charge in [-0.2, -0.15) is 0 Å². The van der Waals surface area contributed by atoms with Crippen LogP contribution >= 0.6 is 0 Å². The topological polar surface area (TPSA) is 12.5 Å². The Labute approximate surface area is 127 Å². The molecule has 21 heavy (non-hydrogen) atoms. The molecule has 0 aromatic heterocycles. The van der Waals surface area contributed by atoms with E-state index in [4.69, 9.17) is 4.74 Å². The van der Waals surface area contributed by atoms with Crippen LogP contribution in [0.1, 0.15) is 17.2 Å². The van der Waals surface area contributed by atoms with Crippen molar-refractivity contribution in [2.45, 2.75) is 6.10 Å². The Morgan fingerprint density at radius 3 is 2.14 bits per heavy atom. The van der Waals surface area contributed by atoms with Crippen LogP contribution in [0, 0.1) is 0 Å². The van der Waals surface area contributed by atoms with E-state index >= 15 is 0 Å². The van der Waals surface area contributed by atoms with Gasteiger partial charge in [-0.1, -0.05) is 55.1 Å². The fourth-order valence-corrected chi connectivity index (χ4v) is 2.10. The number of allylic oxidation sites excluding steroid dienone is 2. The second kappa shape index (κ2) is 7.34. The predicted octanol–water partition coefficient (Wildman–Crippen LogP) is 4.56. The summed E-state index contributed by atoms with van der Waals surface area (Å²) in [6.07, 6.45) is 5.07. The van der Waals surface area contributed by atoms with Gasteiger partial charge >= 0.3 is 0 Å². The second-order valence-corrected chi connectivity index (χ2v) is 4.98. The number of anilines is 1. The van der Waals surface area contributed by atoms with Crippen molar-refractivity contribution in [3.63, 3.8) is 0 Å². The van der Waals surface area contributed by atoms with Crippen LogP contribution in [0.3, 0.4) is 0 Å². The average molecular weight is 279 g/mol. The maximum absolute atomic E-state index is 5.89. The van der Waals surface area contributed by atoms with Gasteiger partial charge in [0, 0.05) is 19.8 Å². The molecule has 0 fully saturated rings. The minimum Gasteiger partial charge on any atom is -0.489 e. The molecule has 0 saturated carbocycles. The largest absolute Gasteiger partial charge is 0.489 e. The van der Waals surface area contributed by atoms with Crippen molar-refractivity contribution in [2.75, 3.05) is 19.0 Å². The van der Waals surface area contributed by atoms with Crippen LogP contribution in [-0.2, 0) is 4.74 Å². The monoisotopic (exact) mass is 279 g/mol. The molecule has 2 heteroatoms. The molecule has 1 unspecified atom stereocenters. The molecule has 0 saturated heterocycles. The Morgan fingerprint density at radius 1 is 0.952 bits per heavy atom. The molecular formula is C19H21NO. The lowest BCUT2D eigenvalue weighted by Crippen LogP contribution is -2.09. The highest BCUT2D eigenvalue weighted by atomic mass is 16.5. The van der Waals surface area contributed by atoms with Gasteiger partial charge in [0.05, 0.1) is 6.26 Å². The summed E-state index contributed by atoms with van der Waals surface area (Å²) in [5, 5.41) is 0. The summed E-state index contributed by atoms with van der Waals surface area (Å²) in [5.41, 5.74) is 3.43. The molecule has 1 atom stereocenters. The summed E-state index contributed by atoms with van der Waals surface area (Å²) in [4.78, 5) is 2.08. The van der Waals surface area contributed by atoms with Gasteiger partial charge in [-0.15, -0.1) is 0 Å². The normalized spacial score (nSPS) is 12.1. The van der Waals surface area contributed by atoms with Crippen LogP contribution in [-0.4, -0.2) is 14.1 Å². The summed E-state index contributed by atoms with van der Waals surface area (Å²) in [6.45, 7) is 3.66. The maximum atomic E-state index is 5.89. The Morgan fingerprint density at radius 2 is 1.57 bits per heavy atom. The highest BCUT2D eigenvalue weighted by Gasteiger charge is 2.14. The van der Waals surface area contributed by atoms with E-state index in [1.807, 2.05) is 32.3 Å². The maximum Gasteiger partial charge on any atom is 0.148 e. The molecule has 0 amide bonds. The third kappa shape index (κ3) is 3.99. The standard InChI is InChI=1S/C19H21NO/c1-4-5-15-21-19(16-9-7-6-8-10-16)17-11-13-18(14-12-17)20(2)3/h4-15,19H,1H2,2-3H3. The molecule has 0 aliphatic rings. The van der Waals surface area contributed by atoms with E-state index in [0.29, 0.717) is 0 Å². The van der Waals surface area contributed by atoms with Gasteiger partial charge in [0.25, 0.3) is 0 Å².